The minimum atomic E-state index is -4.46. The molecule has 1 aliphatic rings. The summed E-state index contributed by atoms with van der Waals surface area (Å²) in [5.41, 5.74) is 0.481. The predicted octanol–water partition coefficient (Wildman–Crippen LogP) is 3.62. The highest BCUT2D eigenvalue weighted by atomic mass is 19.4. The second-order valence-corrected chi connectivity index (χ2v) is 5.54. The minimum absolute atomic E-state index is 0.0676. The third-order valence-corrected chi connectivity index (χ3v) is 3.88. The molecule has 4 nitrogen and oxygen atoms in total. The Morgan fingerprint density at radius 2 is 1.91 bits per heavy atom. The summed E-state index contributed by atoms with van der Waals surface area (Å²) in [6.07, 6.45) is -3.68. The first-order valence-electron chi connectivity index (χ1n) is 7.38. The molecule has 1 fully saturated rings. The number of benzene rings is 1. The molecule has 0 unspecified atom stereocenters. The summed E-state index contributed by atoms with van der Waals surface area (Å²) >= 11 is 0. The summed E-state index contributed by atoms with van der Waals surface area (Å²) in [7, 11) is 0. The molecule has 0 aliphatic carbocycles. The number of alkyl halides is 3. The number of para-hydroxylation sites is 1. The average molecular weight is 327 g/mol. The van der Waals surface area contributed by atoms with Crippen LogP contribution in [-0.2, 0) is 4.74 Å². The second-order valence-electron chi connectivity index (χ2n) is 5.54. The Hall–Kier alpha value is -2.02. The number of carbonyl (C=O) groups is 1. The zero-order valence-corrected chi connectivity index (χ0v) is 12.3. The third kappa shape index (κ3) is 3.67. The van der Waals surface area contributed by atoms with Crippen LogP contribution >= 0.6 is 0 Å². The molecule has 2 heterocycles. The Balaban J connectivity index is 1.89. The van der Waals surface area contributed by atoms with Crippen LogP contribution in [0, 0.1) is 0 Å². The number of fused-ring (bicyclic) bond motifs is 1. The number of hydrogen-bond donors (Lipinski definition) is 0. The average Bonchev–Trinajstić information content (AvgIpc) is 2.96. The summed E-state index contributed by atoms with van der Waals surface area (Å²) < 4.78 is 49.3. The van der Waals surface area contributed by atoms with Gasteiger partial charge in [0.2, 0.25) is 0 Å². The summed E-state index contributed by atoms with van der Waals surface area (Å²) in [5, 5.41) is 0.690. The Kier molecular flexibility index (Phi) is 4.30. The zero-order chi connectivity index (χ0) is 16.4. The highest BCUT2D eigenvalue weighted by Gasteiger charge is 2.38. The number of ether oxygens (including phenoxy) is 1. The molecule has 1 amide bonds. The fourth-order valence-electron chi connectivity index (χ4n) is 2.79. The van der Waals surface area contributed by atoms with Crippen LogP contribution in [-0.4, -0.2) is 42.8 Å². The first-order chi connectivity index (χ1) is 10.9. The van der Waals surface area contributed by atoms with Crippen molar-refractivity contribution in [1.82, 2.24) is 4.90 Å². The fourth-order valence-corrected chi connectivity index (χ4v) is 2.79. The molecular formula is C16H16F3NO3. The lowest BCUT2D eigenvalue weighted by molar-refractivity contribution is -0.147. The number of carbonyl (C=O) groups excluding carboxylic acids is 1. The normalized spacial score (nSPS) is 16.7. The molecule has 124 valence electrons. The molecule has 3 rings (SSSR count). The smallest absolute Gasteiger partial charge is 0.406 e. The van der Waals surface area contributed by atoms with E-state index in [-0.39, 0.29) is 5.76 Å². The molecule has 1 aromatic heterocycles. The Bertz CT molecular complexity index is 656. The van der Waals surface area contributed by atoms with Crippen LogP contribution < -0.4 is 0 Å². The number of nitrogens with zero attached hydrogens (tertiary/aromatic N) is 1. The summed E-state index contributed by atoms with van der Waals surface area (Å²) in [6, 6.07) is 7.93. The molecule has 1 saturated heterocycles. The largest absolute Gasteiger partial charge is 0.451 e. The van der Waals surface area contributed by atoms with Gasteiger partial charge >= 0.3 is 6.18 Å². The van der Waals surface area contributed by atoms with Gasteiger partial charge in [-0.1, -0.05) is 18.2 Å². The van der Waals surface area contributed by atoms with Gasteiger partial charge < -0.3 is 14.1 Å². The highest BCUT2D eigenvalue weighted by molar-refractivity contribution is 5.96. The topological polar surface area (TPSA) is 42.7 Å². The van der Waals surface area contributed by atoms with Crippen molar-refractivity contribution in [1.29, 1.82) is 0 Å². The van der Waals surface area contributed by atoms with Gasteiger partial charge in [-0.05, 0) is 25.0 Å². The van der Waals surface area contributed by atoms with Crippen LogP contribution in [0.25, 0.3) is 11.0 Å². The van der Waals surface area contributed by atoms with Crippen LogP contribution in [0.5, 0.6) is 0 Å². The Morgan fingerprint density at radius 3 is 2.57 bits per heavy atom. The molecule has 1 aliphatic heterocycles. The molecule has 0 radical (unpaired) electrons. The van der Waals surface area contributed by atoms with Gasteiger partial charge in [-0.15, -0.1) is 0 Å². The molecule has 1 aromatic carbocycles. The van der Waals surface area contributed by atoms with E-state index in [0.717, 1.165) is 4.90 Å². The van der Waals surface area contributed by atoms with Gasteiger partial charge in [0, 0.05) is 24.6 Å². The lowest BCUT2D eigenvalue weighted by Crippen LogP contribution is -2.47. The maximum absolute atomic E-state index is 12.9. The fraction of sp³-hybridized carbons (Fsp3) is 0.438. The van der Waals surface area contributed by atoms with E-state index in [1.807, 2.05) is 0 Å². The number of rotatable bonds is 3. The maximum atomic E-state index is 12.9. The van der Waals surface area contributed by atoms with E-state index in [1.54, 1.807) is 24.3 Å². The monoisotopic (exact) mass is 327 g/mol. The van der Waals surface area contributed by atoms with Gasteiger partial charge in [0.1, 0.15) is 12.1 Å². The molecule has 7 heteroatoms. The number of halogens is 3. The highest BCUT2D eigenvalue weighted by Crippen LogP contribution is 2.26. The van der Waals surface area contributed by atoms with E-state index in [2.05, 4.69) is 0 Å². The van der Waals surface area contributed by atoms with Crippen LogP contribution in [0.1, 0.15) is 23.4 Å². The minimum Gasteiger partial charge on any atom is -0.451 e. The predicted molar refractivity (Wildman–Crippen MR) is 77.1 cm³/mol. The molecular weight excluding hydrogens is 311 g/mol. The van der Waals surface area contributed by atoms with Crippen molar-refractivity contribution >= 4 is 16.9 Å². The van der Waals surface area contributed by atoms with E-state index in [9.17, 15) is 18.0 Å². The van der Waals surface area contributed by atoms with Crippen LogP contribution in [0.4, 0.5) is 13.2 Å². The summed E-state index contributed by atoms with van der Waals surface area (Å²) in [5.74, 6) is -0.799. The van der Waals surface area contributed by atoms with E-state index in [0.29, 0.717) is 37.0 Å². The van der Waals surface area contributed by atoms with Crippen molar-refractivity contribution in [3.05, 3.63) is 36.1 Å². The molecule has 0 saturated carbocycles. The maximum Gasteiger partial charge on any atom is 0.406 e. The molecule has 0 atom stereocenters. The lowest BCUT2D eigenvalue weighted by Gasteiger charge is -2.34. The lowest BCUT2D eigenvalue weighted by atomic mass is 10.1. The van der Waals surface area contributed by atoms with Gasteiger partial charge in [-0.3, -0.25) is 4.79 Å². The van der Waals surface area contributed by atoms with Gasteiger partial charge in [-0.25, -0.2) is 0 Å². The second kappa shape index (κ2) is 6.23. The third-order valence-electron chi connectivity index (χ3n) is 3.88. The van der Waals surface area contributed by atoms with Gasteiger partial charge in [-0.2, -0.15) is 13.2 Å². The van der Waals surface area contributed by atoms with Crippen LogP contribution in [0.3, 0.4) is 0 Å². The van der Waals surface area contributed by atoms with E-state index < -0.39 is 24.7 Å². The van der Waals surface area contributed by atoms with Crippen molar-refractivity contribution in [3.8, 4) is 0 Å². The van der Waals surface area contributed by atoms with Gasteiger partial charge in [0.25, 0.3) is 5.91 Å². The van der Waals surface area contributed by atoms with E-state index in [4.69, 9.17) is 9.15 Å². The van der Waals surface area contributed by atoms with E-state index in [1.165, 1.54) is 6.07 Å². The molecule has 0 spiro atoms. The molecule has 23 heavy (non-hydrogen) atoms. The molecule has 2 aromatic rings. The van der Waals surface area contributed by atoms with Crippen molar-refractivity contribution in [2.24, 2.45) is 0 Å². The number of hydrogen-bond acceptors (Lipinski definition) is 3. The SMILES string of the molecule is O=C(c1cc2ccccc2o1)N(CC(F)(F)F)C1CCOCC1. The van der Waals surface area contributed by atoms with Gasteiger partial charge in [0.05, 0.1) is 0 Å². The van der Waals surface area contributed by atoms with Crippen molar-refractivity contribution in [2.45, 2.75) is 25.1 Å². The summed E-state index contributed by atoms with van der Waals surface area (Å²) in [4.78, 5) is 13.4. The van der Waals surface area contributed by atoms with Crippen LogP contribution in [0.15, 0.2) is 34.7 Å². The van der Waals surface area contributed by atoms with Crippen molar-refractivity contribution in [3.63, 3.8) is 0 Å². The Labute approximate surface area is 130 Å². The van der Waals surface area contributed by atoms with Crippen LogP contribution in [0.2, 0.25) is 0 Å². The van der Waals surface area contributed by atoms with Crippen molar-refractivity contribution < 1.29 is 27.1 Å². The Morgan fingerprint density at radius 1 is 1.22 bits per heavy atom. The number of amides is 1. The molecule has 0 N–H and O–H groups in total. The summed E-state index contributed by atoms with van der Waals surface area (Å²) in [6.45, 7) is -0.577. The first-order valence-corrected chi connectivity index (χ1v) is 7.38. The standard InChI is InChI=1S/C16H16F3NO3/c17-16(18,19)10-20(12-5-7-22-8-6-12)15(21)14-9-11-3-1-2-4-13(11)23-14/h1-4,9,12H,5-8,10H2. The van der Waals surface area contributed by atoms with E-state index >= 15 is 0 Å². The van der Waals surface area contributed by atoms with Crippen molar-refractivity contribution in [2.75, 3.05) is 19.8 Å². The first kappa shape index (κ1) is 15.9. The number of furan rings is 1. The van der Waals surface area contributed by atoms with Gasteiger partial charge in [0.15, 0.2) is 5.76 Å². The molecule has 0 bridgehead atoms. The zero-order valence-electron chi connectivity index (χ0n) is 12.3. The quantitative estimate of drug-likeness (QED) is 0.865.